The van der Waals surface area contributed by atoms with Crippen molar-refractivity contribution >= 4 is 18.0 Å². The van der Waals surface area contributed by atoms with E-state index >= 15 is 0 Å². The van der Waals surface area contributed by atoms with Crippen LogP contribution in [0.3, 0.4) is 0 Å². The van der Waals surface area contributed by atoms with E-state index in [9.17, 15) is 14.4 Å². The van der Waals surface area contributed by atoms with Crippen LogP contribution in [0.5, 0.6) is 0 Å². The van der Waals surface area contributed by atoms with Crippen LogP contribution in [0.4, 0.5) is 4.79 Å². The molecule has 2 aromatic carbocycles. The first-order valence-electron chi connectivity index (χ1n) is 11.8. The summed E-state index contributed by atoms with van der Waals surface area (Å²) in [5.74, 6) is -1.24. The lowest BCUT2D eigenvalue weighted by molar-refractivity contribution is -0.138. The summed E-state index contributed by atoms with van der Waals surface area (Å²) in [4.78, 5) is 37.7. The molecular formula is C27H30N2O5. The lowest BCUT2D eigenvalue weighted by atomic mass is 9.98. The smallest absolute Gasteiger partial charge is 0.407 e. The van der Waals surface area contributed by atoms with Gasteiger partial charge < -0.3 is 20.1 Å². The van der Waals surface area contributed by atoms with E-state index in [1.54, 1.807) is 4.90 Å². The predicted molar refractivity (Wildman–Crippen MR) is 128 cm³/mol. The number of aliphatic carboxylic acids is 1. The lowest BCUT2D eigenvalue weighted by Gasteiger charge is -2.24. The molecule has 0 saturated carbocycles. The van der Waals surface area contributed by atoms with Crippen LogP contribution >= 0.6 is 0 Å². The van der Waals surface area contributed by atoms with Crippen LogP contribution in [-0.2, 0) is 14.3 Å². The summed E-state index contributed by atoms with van der Waals surface area (Å²) in [5, 5.41) is 11.7. The van der Waals surface area contributed by atoms with Crippen molar-refractivity contribution in [3.05, 3.63) is 71.8 Å². The highest BCUT2D eigenvalue weighted by atomic mass is 16.5. The van der Waals surface area contributed by atoms with Crippen molar-refractivity contribution in [1.82, 2.24) is 10.2 Å². The molecule has 0 fully saturated rings. The molecule has 0 saturated heterocycles. The molecule has 0 aromatic heterocycles. The molecule has 7 nitrogen and oxygen atoms in total. The van der Waals surface area contributed by atoms with Crippen molar-refractivity contribution in [2.75, 3.05) is 19.7 Å². The summed E-state index contributed by atoms with van der Waals surface area (Å²) in [6.45, 7) is 3.05. The number of benzene rings is 2. The van der Waals surface area contributed by atoms with E-state index in [0.717, 1.165) is 11.1 Å². The maximum Gasteiger partial charge on any atom is 0.407 e. The summed E-state index contributed by atoms with van der Waals surface area (Å²) < 4.78 is 5.61. The van der Waals surface area contributed by atoms with Gasteiger partial charge in [-0.25, -0.2) is 4.79 Å². The number of carboxylic acid groups (broad SMARTS) is 1. The van der Waals surface area contributed by atoms with Gasteiger partial charge in [-0.2, -0.15) is 0 Å². The van der Waals surface area contributed by atoms with Gasteiger partial charge in [0.1, 0.15) is 6.61 Å². The molecule has 34 heavy (non-hydrogen) atoms. The standard InChI is InChI=1S/C27H30N2O5/c1-2-29(15-7-12-25(30)31)26(32)18-13-14-19(16-18)28-27(33)34-17-24-22-10-5-3-8-20(22)21-9-4-6-11-23(21)24/h3-6,8-11,13-14,18-19,24H,2,7,12,15-17H2,1H3,(H,28,33)(H,30,31). The topological polar surface area (TPSA) is 95.9 Å². The van der Waals surface area contributed by atoms with E-state index in [0.29, 0.717) is 25.9 Å². The summed E-state index contributed by atoms with van der Waals surface area (Å²) in [5.41, 5.74) is 4.67. The maximum absolute atomic E-state index is 12.8. The zero-order chi connectivity index (χ0) is 24.1. The number of nitrogens with one attached hydrogen (secondary N) is 1. The minimum Gasteiger partial charge on any atom is -0.481 e. The van der Waals surface area contributed by atoms with Crippen molar-refractivity contribution in [3.63, 3.8) is 0 Å². The number of carbonyl (C=O) groups is 3. The van der Waals surface area contributed by atoms with Crippen LogP contribution in [0.1, 0.15) is 43.2 Å². The highest BCUT2D eigenvalue weighted by Gasteiger charge is 2.31. The fourth-order valence-corrected chi connectivity index (χ4v) is 4.86. The average molecular weight is 463 g/mol. The number of amides is 2. The van der Waals surface area contributed by atoms with Crippen LogP contribution in [0.25, 0.3) is 11.1 Å². The first kappa shape index (κ1) is 23.5. The highest BCUT2D eigenvalue weighted by Crippen LogP contribution is 2.44. The summed E-state index contributed by atoms with van der Waals surface area (Å²) >= 11 is 0. The second-order valence-electron chi connectivity index (χ2n) is 8.72. The second kappa shape index (κ2) is 10.5. The molecule has 2 unspecified atom stereocenters. The monoisotopic (exact) mass is 462 g/mol. The number of ether oxygens (including phenoxy) is 1. The number of hydrogen-bond donors (Lipinski definition) is 2. The van der Waals surface area contributed by atoms with Gasteiger partial charge in [0, 0.05) is 25.4 Å². The SMILES string of the molecule is CCN(CCCC(=O)O)C(=O)C1C=CC(NC(=O)OCC2c3ccccc3-c3ccccc32)C1. The molecule has 0 radical (unpaired) electrons. The minimum absolute atomic E-state index is 0.00416. The zero-order valence-electron chi connectivity index (χ0n) is 19.3. The fraction of sp³-hybridized carbons (Fsp3) is 0.370. The molecule has 0 heterocycles. The summed E-state index contributed by atoms with van der Waals surface area (Å²) in [7, 11) is 0. The Morgan fingerprint density at radius 3 is 2.29 bits per heavy atom. The number of fused-ring (bicyclic) bond motifs is 3. The Kier molecular flexibility index (Phi) is 7.30. The van der Waals surface area contributed by atoms with Crippen molar-refractivity contribution in [2.45, 2.75) is 38.1 Å². The van der Waals surface area contributed by atoms with E-state index in [4.69, 9.17) is 9.84 Å². The molecule has 2 atom stereocenters. The Morgan fingerprint density at radius 2 is 1.68 bits per heavy atom. The Hall–Kier alpha value is -3.61. The van der Waals surface area contributed by atoms with Crippen LogP contribution in [-0.4, -0.2) is 53.7 Å². The second-order valence-corrected chi connectivity index (χ2v) is 8.72. The number of nitrogens with zero attached hydrogens (tertiary/aromatic N) is 1. The molecule has 2 aliphatic rings. The zero-order valence-corrected chi connectivity index (χ0v) is 19.3. The molecule has 0 bridgehead atoms. The number of hydrogen-bond acceptors (Lipinski definition) is 4. The van der Waals surface area contributed by atoms with E-state index in [2.05, 4.69) is 29.6 Å². The first-order valence-corrected chi connectivity index (χ1v) is 11.8. The molecule has 2 amide bonds. The van der Waals surface area contributed by atoms with E-state index in [1.807, 2.05) is 43.3 Å². The van der Waals surface area contributed by atoms with E-state index < -0.39 is 12.1 Å². The van der Waals surface area contributed by atoms with Crippen molar-refractivity contribution in [3.8, 4) is 11.1 Å². The molecule has 2 N–H and O–H groups in total. The van der Waals surface area contributed by atoms with Crippen molar-refractivity contribution in [1.29, 1.82) is 0 Å². The Balaban J connectivity index is 1.28. The van der Waals surface area contributed by atoms with Gasteiger partial charge in [0.25, 0.3) is 0 Å². The number of alkyl carbamates (subject to hydrolysis) is 1. The average Bonchev–Trinajstić information content (AvgIpc) is 3.42. The van der Waals surface area contributed by atoms with Crippen molar-refractivity contribution in [2.24, 2.45) is 5.92 Å². The third kappa shape index (κ3) is 5.14. The molecule has 178 valence electrons. The van der Waals surface area contributed by atoms with Crippen LogP contribution in [0.2, 0.25) is 0 Å². The van der Waals surface area contributed by atoms with Gasteiger partial charge in [-0.3, -0.25) is 9.59 Å². The Morgan fingerprint density at radius 1 is 1.03 bits per heavy atom. The third-order valence-corrected chi connectivity index (χ3v) is 6.56. The molecule has 4 rings (SSSR count). The van der Waals surface area contributed by atoms with E-state index in [-0.39, 0.29) is 36.8 Å². The van der Waals surface area contributed by atoms with Gasteiger partial charge in [-0.1, -0.05) is 60.7 Å². The Bertz CT molecular complexity index is 1050. The van der Waals surface area contributed by atoms with Gasteiger partial charge >= 0.3 is 12.1 Å². The highest BCUT2D eigenvalue weighted by molar-refractivity contribution is 5.82. The molecule has 2 aliphatic carbocycles. The maximum atomic E-state index is 12.8. The van der Waals surface area contributed by atoms with Crippen LogP contribution < -0.4 is 5.32 Å². The number of rotatable bonds is 9. The lowest BCUT2D eigenvalue weighted by Crippen LogP contribution is -2.38. The number of carbonyl (C=O) groups excluding carboxylic acids is 2. The van der Waals surface area contributed by atoms with Gasteiger partial charge in [-0.05, 0) is 42.0 Å². The van der Waals surface area contributed by atoms with Gasteiger partial charge in [0.2, 0.25) is 5.91 Å². The summed E-state index contributed by atoms with van der Waals surface area (Å²) in [6.07, 6.45) is 4.08. The predicted octanol–water partition coefficient (Wildman–Crippen LogP) is 4.18. The normalized spacial score (nSPS) is 18.3. The fourth-order valence-electron chi connectivity index (χ4n) is 4.86. The molecule has 7 heteroatoms. The number of carboxylic acids is 1. The largest absolute Gasteiger partial charge is 0.481 e. The molecule has 2 aromatic rings. The van der Waals surface area contributed by atoms with Crippen molar-refractivity contribution < 1.29 is 24.2 Å². The summed E-state index contributed by atoms with van der Waals surface area (Å²) in [6, 6.07) is 16.1. The molecule has 0 spiro atoms. The molecule has 0 aliphatic heterocycles. The first-order chi connectivity index (χ1) is 16.5. The Labute approximate surface area is 199 Å². The van der Waals surface area contributed by atoms with E-state index in [1.165, 1.54) is 11.1 Å². The van der Waals surface area contributed by atoms with Gasteiger partial charge in [0.05, 0.1) is 12.0 Å². The minimum atomic E-state index is -0.864. The van der Waals surface area contributed by atoms with Crippen LogP contribution in [0, 0.1) is 5.92 Å². The quantitative estimate of drug-likeness (QED) is 0.545. The van der Waals surface area contributed by atoms with Gasteiger partial charge in [-0.15, -0.1) is 0 Å². The third-order valence-electron chi connectivity index (χ3n) is 6.56. The van der Waals surface area contributed by atoms with Crippen LogP contribution in [0.15, 0.2) is 60.7 Å². The van der Waals surface area contributed by atoms with Gasteiger partial charge in [0.15, 0.2) is 0 Å². The molecular weight excluding hydrogens is 432 g/mol.